The van der Waals surface area contributed by atoms with Crippen molar-refractivity contribution in [2.75, 3.05) is 36.2 Å². The van der Waals surface area contributed by atoms with E-state index in [1.54, 1.807) is 79.9 Å². The number of rotatable bonds is 13. The fourth-order valence-corrected chi connectivity index (χ4v) is 4.77. The second-order valence-corrected chi connectivity index (χ2v) is 10.4. The van der Waals surface area contributed by atoms with Gasteiger partial charge in [-0.3, -0.25) is 13.9 Å². The average molecular weight is 569 g/mol. The maximum absolute atomic E-state index is 12.7. The van der Waals surface area contributed by atoms with Gasteiger partial charge in [0.25, 0.3) is 11.8 Å². The highest BCUT2D eigenvalue weighted by atomic mass is 32.2. The fraction of sp³-hybridized carbons (Fsp3) is 0.250. The summed E-state index contributed by atoms with van der Waals surface area (Å²) in [5, 5.41) is 6.67. The van der Waals surface area contributed by atoms with Crippen LogP contribution in [0.1, 0.15) is 19.4 Å². The summed E-state index contributed by atoms with van der Waals surface area (Å²) in [5.74, 6) is 0.819. The first-order valence-electron chi connectivity index (χ1n) is 12.3. The molecule has 12 heteroatoms. The monoisotopic (exact) mass is 568 g/mol. The number of benzene rings is 3. The molecule has 0 fully saturated rings. The average Bonchev–Trinajstić information content (AvgIpc) is 2.93. The first-order chi connectivity index (χ1) is 19.1. The van der Waals surface area contributed by atoms with Gasteiger partial charge in [0.05, 0.1) is 31.9 Å². The maximum atomic E-state index is 12.7. The number of carbonyl (C=O) groups excluding carboxylic acids is 2. The molecule has 2 N–H and O–H groups in total. The number of nitrogens with one attached hydrogen (secondary N) is 2. The third kappa shape index (κ3) is 8.73. The molecule has 0 saturated heterocycles. The highest BCUT2D eigenvalue weighted by Gasteiger charge is 2.29. The van der Waals surface area contributed by atoms with E-state index in [2.05, 4.69) is 15.8 Å². The number of hydrazone groups is 1. The van der Waals surface area contributed by atoms with Crippen LogP contribution in [0.2, 0.25) is 0 Å². The van der Waals surface area contributed by atoms with Crippen molar-refractivity contribution < 1.29 is 32.2 Å². The molecule has 3 aromatic carbocycles. The van der Waals surface area contributed by atoms with Crippen LogP contribution in [-0.4, -0.2) is 59.1 Å². The van der Waals surface area contributed by atoms with Gasteiger partial charge in [-0.05, 0) is 92.2 Å². The molecular weight excluding hydrogens is 536 g/mol. The van der Waals surface area contributed by atoms with Gasteiger partial charge in [0.2, 0.25) is 10.0 Å². The Morgan fingerprint density at radius 3 is 2.08 bits per heavy atom. The summed E-state index contributed by atoms with van der Waals surface area (Å²) in [4.78, 5) is 24.8. The minimum atomic E-state index is -3.77. The summed E-state index contributed by atoms with van der Waals surface area (Å²) < 4.78 is 41.9. The van der Waals surface area contributed by atoms with E-state index in [0.717, 1.165) is 10.6 Å². The standard InChI is InChI=1S/C28H32N4O7S/c1-5-38-25-16-10-23(11-17-25)32(40(4,35)36)20(2)28(34)31-29-18-21-6-12-26(13-7-21)39-19-27(33)30-22-8-14-24(37-3)15-9-22/h6-18,20H,5,19H2,1-4H3,(H,30,33)(H,31,34)/b29-18+. The fourth-order valence-electron chi connectivity index (χ4n) is 3.60. The molecular formula is C28H32N4O7S. The van der Waals surface area contributed by atoms with Crippen LogP contribution < -0.4 is 29.3 Å². The third-order valence-corrected chi connectivity index (χ3v) is 6.74. The lowest BCUT2D eigenvalue weighted by molar-refractivity contribution is -0.121. The zero-order chi connectivity index (χ0) is 29.1. The molecule has 3 aromatic rings. The summed E-state index contributed by atoms with van der Waals surface area (Å²) in [6.07, 6.45) is 2.44. The van der Waals surface area contributed by atoms with Gasteiger partial charge < -0.3 is 19.5 Å². The molecule has 2 amide bonds. The molecule has 0 aliphatic rings. The van der Waals surface area contributed by atoms with Gasteiger partial charge in [-0.15, -0.1) is 0 Å². The summed E-state index contributed by atoms with van der Waals surface area (Å²) >= 11 is 0. The summed E-state index contributed by atoms with van der Waals surface area (Å²) in [6, 6.07) is 19.0. The molecule has 0 heterocycles. The number of nitrogens with zero attached hydrogens (tertiary/aromatic N) is 2. The van der Waals surface area contributed by atoms with Crippen molar-refractivity contribution in [3.05, 3.63) is 78.4 Å². The highest BCUT2D eigenvalue weighted by molar-refractivity contribution is 7.92. The van der Waals surface area contributed by atoms with Crippen LogP contribution in [0, 0.1) is 0 Å². The second kappa shape index (κ2) is 14.0. The Bertz CT molecular complexity index is 1410. The van der Waals surface area contributed by atoms with Crippen molar-refractivity contribution in [3.8, 4) is 17.2 Å². The molecule has 0 radical (unpaired) electrons. The minimum absolute atomic E-state index is 0.182. The van der Waals surface area contributed by atoms with Gasteiger partial charge in [-0.25, -0.2) is 13.8 Å². The first-order valence-corrected chi connectivity index (χ1v) is 14.2. The van der Waals surface area contributed by atoms with Crippen molar-refractivity contribution in [3.63, 3.8) is 0 Å². The Morgan fingerprint density at radius 1 is 0.925 bits per heavy atom. The molecule has 3 rings (SSSR count). The van der Waals surface area contributed by atoms with Crippen molar-refractivity contribution in [2.45, 2.75) is 19.9 Å². The Hall–Kier alpha value is -4.58. The number of amides is 2. The van der Waals surface area contributed by atoms with Gasteiger partial charge in [0.1, 0.15) is 23.3 Å². The minimum Gasteiger partial charge on any atom is -0.497 e. The van der Waals surface area contributed by atoms with E-state index in [9.17, 15) is 18.0 Å². The van der Waals surface area contributed by atoms with Crippen LogP contribution in [0.4, 0.5) is 11.4 Å². The van der Waals surface area contributed by atoms with Crippen LogP contribution in [-0.2, 0) is 19.6 Å². The largest absolute Gasteiger partial charge is 0.497 e. The predicted octanol–water partition coefficient (Wildman–Crippen LogP) is 3.42. The van der Waals surface area contributed by atoms with Crippen LogP contribution in [0.15, 0.2) is 77.9 Å². The number of anilines is 2. The van der Waals surface area contributed by atoms with Gasteiger partial charge in [0.15, 0.2) is 6.61 Å². The van der Waals surface area contributed by atoms with Crippen molar-refractivity contribution in [1.82, 2.24) is 5.43 Å². The molecule has 11 nitrogen and oxygen atoms in total. The molecule has 0 aromatic heterocycles. The number of carbonyl (C=O) groups is 2. The van der Waals surface area contributed by atoms with Crippen LogP contribution in [0.25, 0.3) is 0 Å². The molecule has 40 heavy (non-hydrogen) atoms. The smallest absolute Gasteiger partial charge is 0.263 e. The molecule has 0 bridgehead atoms. The lowest BCUT2D eigenvalue weighted by Crippen LogP contribution is -2.46. The van der Waals surface area contributed by atoms with Crippen molar-refractivity contribution in [2.24, 2.45) is 5.10 Å². The summed E-state index contributed by atoms with van der Waals surface area (Å²) in [5.41, 5.74) is 3.97. The van der Waals surface area contributed by atoms with E-state index in [1.807, 2.05) is 6.92 Å². The molecule has 0 aliphatic carbocycles. The maximum Gasteiger partial charge on any atom is 0.263 e. The summed E-state index contributed by atoms with van der Waals surface area (Å²) in [6.45, 7) is 3.61. The van der Waals surface area contributed by atoms with Crippen molar-refractivity contribution >= 4 is 39.4 Å². The van der Waals surface area contributed by atoms with Gasteiger partial charge in [0, 0.05) is 5.69 Å². The van der Waals surface area contributed by atoms with E-state index >= 15 is 0 Å². The van der Waals surface area contributed by atoms with Gasteiger partial charge >= 0.3 is 0 Å². The predicted molar refractivity (Wildman–Crippen MR) is 154 cm³/mol. The highest BCUT2D eigenvalue weighted by Crippen LogP contribution is 2.24. The lowest BCUT2D eigenvalue weighted by Gasteiger charge is -2.27. The van der Waals surface area contributed by atoms with Gasteiger partial charge in [-0.1, -0.05) is 0 Å². The zero-order valence-electron chi connectivity index (χ0n) is 22.7. The summed E-state index contributed by atoms with van der Waals surface area (Å²) in [7, 11) is -2.20. The van der Waals surface area contributed by atoms with E-state index < -0.39 is 22.0 Å². The third-order valence-electron chi connectivity index (χ3n) is 5.50. The van der Waals surface area contributed by atoms with Crippen molar-refractivity contribution in [1.29, 1.82) is 0 Å². The zero-order valence-corrected chi connectivity index (χ0v) is 23.5. The van der Waals surface area contributed by atoms with E-state index in [0.29, 0.717) is 40.8 Å². The molecule has 0 aliphatic heterocycles. The number of methoxy groups -OCH3 is 1. The number of sulfonamides is 1. The van der Waals surface area contributed by atoms with Gasteiger partial charge in [-0.2, -0.15) is 5.10 Å². The molecule has 1 atom stereocenters. The molecule has 212 valence electrons. The van der Waals surface area contributed by atoms with E-state index in [-0.39, 0.29) is 12.5 Å². The SMILES string of the molecule is CCOc1ccc(N(C(C)C(=O)N/N=C/c2ccc(OCC(=O)Nc3ccc(OC)cc3)cc2)S(C)(=O)=O)cc1. The van der Waals surface area contributed by atoms with E-state index in [1.165, 1.54) is 13.1 Å². The number of hydrogen-bond acceptors (Lipinski definition) is 8. The number of hydrogen-bond donors (Lipinski definition) is 2. The van der Waals surface area contributed by atoms with Crippen LogP contribution in [0.3, 0.4) is 0 Å². The molecule has 0 spiro atoms. The molecule has 1 unspecified atom stereocenters. The Morgan fingerprint density at radius 2 is 1.50 bits per heavy atom. The van der Waals surface area contributed by atoms with E-state index in [4.69, 9.17) is 14.2 Å². The van der Waals surface area contributed by atoms with Crippen LogP contribution >= 0.6 is 0 Å². The lowest BCUT2D eigenvalue weighted by atomic mass is 10.2. The topological polar surface area (TPSA) is 136 Å². The van der Waals surface area contributed by atoms with Crippen LogP contribution in [0.5, 0.6) is 17.2 Å². The Kier molecular flexibility index (Phi) is 10.5. The Labute approximate surface area is 233 Å². The normalized spacial score (nSPS) is 11.9. The second-order valence-electron chi connectivity index (χ2n) is 8.53. The first kappa shape index (κ1) is 30.0. The molecule has 0 saturated carbocycles. The Balaban J connectivity index is 1.52. The number of ether oxygens (including phenoxy) is 3. The quantitative estimate of drug-likeness (QED) is 0.238.